The first kappa shape index (κ1) is 18.2. The van der Waals surface area contributed by atoms with Crippen LogP contribution < -0.4 is 0 Å². The van der Waals surface area contributed by atoms with Gasteiger partial charge in [-0.05, 0) is 24.1 Å². The van der Waals surface area contributed by atoms with Crippen LogP contribution in [0.3, 0.4) is 0 Å². The molecule has 1 aliphatic heterocycles. The van der Waals surface area contributed by atoms with Crippen LogP contribution in [0, 0.1) is 0 Å². The Labute approximate surface area is 156 Å². The van der Waals surface area contributed by atoms with E-state index >= 15 is 0 Å². The Balaban J connectivity index is 2.15. The lowest BCUT2D eigenvalue weighted by Gasteiger charge is -2.25. The van der Waals surface area contributed by atoms with Crippen LogP contribution in [0.25, 0.3) is 5.76 Å². The first-order valence-electron chi connectivity index (χ1n) is 8.24. The third-order valence-electron chi connectivity index (χ3n) is 4.33. The van der Waals surface area contributed by atoms with Gasteiger partial charge in [0.15, 0.2) is 0 Å². The van der Waals surface area contributed by atoms with Gasteiger partial charge in [0.1, 0.15) is 5.76 Å². The van der Waals surface area contributed by atoms with Gasteiger partial charge in [-0.1, -0.05) is 54.1 Å². The number of aliphatic hydroxyl groups excluding tert-OH is 2. The summed E-state index contributed by atoms with van der Waals surface area (Å²) in [5.74, 6) is -1.63. The van der Waals surface area contributed by atoms with E-state index in [0.717, 1.165) is 0 Å². The summed E-state index contributed by atoms with van der Waals surface area (Å²) in [6.07, 6.45) is 0.336. The molecule has 1 amide bonds. The minimum Gasteiger partial charge on any atom is -0.507 e. The largest absolute Gasteiger partial charge is 0.507 e. The highest BCUT2D eigenvalue weighted by molar-refractivity contribution is 6.46. The third kappa shape index (κ3) is 3.36. The van der Waals surface area contributed by atoms with Crippen LogP contribution >= 0.6 is 11.6 Å². The van der Waals surface area contributed by atoms with Crippen molar-refractivity contribution in [2.75, 3.05) is 13.2 Å². The summed E-state index contributed by atoms with van der Waals surface area (Å²) in [6.45, 7) is 0.106. The molecule has 0 aliphatic carbocycles. The third-order valence-corrected chi connectivity index (χ3v) is 4.58. The highest BCUT2D eigenvalue weighted by atomic mass is 35.5. The zero-order valence-electron chi connectivity index (χ0n) is 13.9. The van der Waals surface area contributed by atoms with E-state index in [-0.39, 0.29) is 24.5 Å². The van der Waals surface area contributed by atoms with Crippen molar-refractivity contribution in [3.05, 3.63) is 76.3 Å². The summed E-state index contributed by atoms with van der Waals surface area (Å²) in [7, 11) is 0. The standard InChI is InChI=1S/C20H18ClNO4/c21-15-9-7-13(8-10-15)17-16(18(24)14-5-2-1-3-6-14)19(25)20(26)22(17)11-4-12-23/h1-3,5-10,17,23-24H,4,11-12H2/t17-/m1/s1. The number of ketones is 1. The summed E-state index contributed by atoms with van der Waals surface area (Å²) in [5.41, 5.74) is 1.18. The quantitative estimate of drug-likeness (QED) is 0.481. The van der Waals surface area contributed by atoms with Crippen molar-refractivity contribution in [2.24, 2.45) is 0 Å². The van der Waals surface area contributed by atoms with Crippen LogP contribution in [-0.4, -0.2) is 40.0 Å². The van der Waals surface area contributed by atoms with Gasteiger partial charge in [-0.25, -0.2) is 0 Å². The minimum atomic E-state index is -0.732. The predicted octanol–water partition coefficient (Wildman–Crippen LogP) is 3.14. The smallest absolute Gasteiger partial charge is 0.295 e. The highest BCUT2D eigenvalue weighted by Crippen LogP contribution is 2.39. The predicted molar refractivity (Wildman–Crippen MR) is 98.6 cm³/mol. The van der Waals surface area contributed by atoms with Crippen molar-refractivity contribution in [3.63, 3.8) is 0 Å². The van der Waals surface area contributed by atoms with E-state index in [1.807, 2.05) is 0 Å². The topological polar surface area (TPSA) is 77.8 Å². The summed E-state index contributed by atoms with van der Waals surface area (Å²) in [5, 5.41) is 20.4. The molecule has 1 saturated heterocycles. The number of benzene rings is 2. The molecule has 2 aromatic carbocycles. The number of aliphatic hydroxyl groups is 2. The number of amides is 1. The number of halogens is 1. The van der Waals surface area contributed by atoms with Gasteiger partial charge in [-0.2, -0.15) is 0 Å². The number of carbonyl (C=O) groups is 2. The minimum absolute atomic E-state index is 0.0430. The summed E-state index contributed by atoms with van der Waals surface area (Å²) in [6, 6.07) is 14.7. The van der Waals surface area contributed by atoms with Crippen LogP contribution in [0.1, 0.15) is 23.6 Å². The van der Waals surface area contributed by atoms with Crippen LogP contribution in [-0.2, 0) is 9.59 Å². The molecule has 0 bridgehead atoms. The van der Waals surface area contributed by atoms with E-state index in [9.17, 15) is 14.7 Å². The Morgan fingerprint density at radius 2 is 1.69 bits per heavy atom. The van der Waals surface area contributed by atoms with Gasteiger partial charge in [0.2, 0.25) is 0 Å². The monoisotopic (exact) mass is 371 g/mol. The van der Waals surface area contributed by atoms with Gasteiger partial charge in [0.05, 0.1) is 11.6 Å². The number of Topliss-reactive ketones (excluding diaryl/α,β-unsaturated/α-hetero) is 1. The Morgan fingerprint density at radius 3 is 2.31 bits per heavy atom. The van der Waals surface area contributed by atoms with Crippen LogP contribution in [0.4, 0.5) is 0 Å². The molecule has 1 aliphatic rings. The first-order valence-corrected chi connectivity index (χ1v) is 8.62. The van der Waals surface area contributed by atoms with Gasteiger partial charge in [-0.3, -0.25) is 9.59 Å². The summed E-state index contributed by atoms with van der Waals surface area (Å²) in [4.78, 5) is 26.6. The van der Waals surface area contributed by atoms with Crippen molar-refractivity contribution >= 4 is 29.1 Å². The lowest BCUT2D eigenvalue weighted by Crippen LogP contribution is -2.31. The van der Waals surface area contributed by atoms with Crippen LogP contribution in [0.5, 0.6) is 0 Å². The fourth-order valence-electron chi connectivity index (χ4n) is 3.09. The van der Waals surface area contributed by atoms with E-state index in [1.54, 1.807) is 54.6 Å². The molecule has 3 rings (SSSR count). The fourth-order valence-corrected chi connectivity index (χ4v) is 3.22. The molecule has 0 radical (unpaired) electrons. The van der Waals surface area contributed by atoms with E-state index < -0.39 is 17.7 Å². The molecule has 134 valence electrons. The molecule has 26 heavy (non-hydrogen) atoms. The van der Waals surface area contributed by atoms with Gasteiger partial charge >= 0.3 is 0 Å². The molecule has 0 aromatic heterocycles. The number of hydrogen-bond acceptors (Lipinski definition) is 4. The van der Waals surface area contributed by atoms with Gasteiger partial charge < -0.3 is 15.1 Å². The fraction of sp³-hybridized carbons (Fsp3) is 0.200. The molecular weight excluding hydrogens is 354 g/mol. The number of carbonyl (C=O) groups excluding carboxylic acids is 2. The number of rotatable bonds is 5. The maximum absolute atomic E-state index is 12.6. The highest BCUT2D eigenvalue weighted by Gasteiger charge is 2.45. The average molecular weight is 372 g/mol. The van der Waals surface area contributed by atoms with Crippen molar-refractivity contribution in [2.45, 2.75) is 12.5 Å². The number of likely N-dealkylation sites (tertiary alicyclic amines) is 1. The molecule has 0 spiro atoms. The number of nitrogens with zero attached hydrogens (tertiary/aromatic N) is 1. The second kappa shape index (κ2) is 7.72. The van der Waals surface area contributed by atoms with Crippen molar-refractivity contribution in [1.82, 2.24) is 4.90 Å². The molecule has 5 nitrogen and oxygen atoms in total. The lowest BCUT2D eigenvalue weighted by molar-refractivity contribution is -0.140. The SMILES string of the molecule is O=C1C(=O)N(CCCO)[C@H](c2ccc(Cl)cc2)C1=C(O)c1ccccc1. The van der Waals surface area contributed by atoms with E-state index in [4.69, 9.17) is 16.7 Å². The van der Waals surface area contributed by atoms with Gasteiger partial charge in [-0.15, -0.1) is 0 Å². The molecule has 2 aromatic rings. The van der Waals surface area contributed by atoms with Crippen molar-refractivity contribution < 1.29 is 19.8 Å². The van der Waals surface area contributed by atoms with Crippen molar-refractivity contribution in [1.29, 1.82) is 0 Å². The van der Waals surface area contributed by atoms with Gasteiger partial charge in [0, 0.05) is 23.7 Å². The molecule has 1 atom stereocenters. The zero-order valence-corrected chi connectivity index (χ0v) is 14.7. The molecule has 0 unspecified atom stereocenters. The molecule has 0 saturated carbocycles. The Morgan fingerprint density at radius 1 is 1.04 bits per heavy atom. The summed E-state index contributed by atoms with van der Waals surface area (Å²) < 4.78 is 0. The normalized spacial score (nSPS) is 19.2. The van der Waals surface area contributed by atoms with Crippen LogP contribution in [0.2, 0.25) is 5.02 Å². The summed E-state index contributed by atoms with van der Waals surface area (Å²) >= 11 is 5.95. The lowest BCUT2D eigenvalue weighted by atomic mass is 9.95. The first-order chi connectivity index (χ1) is 12.5. The Hall–Kier alpha value is -2.63. The Bertz CT molecular complexity index is 846. The second-order valence-corrected chi connectivity index (χ2v) is 6.42. The van der Waals surface area contributed by atoms with Crippen LogP contribution in [0.15, 0.2) is 60.2 Å². The van der Waals surface area contributed by atoms with Gasteiger partial charge in [0.25, 0.3) is 11.7 Å². The Kier molecular flexibility index (Phi) is 5.40. The molecule has 1 heterocycles. The van der Waals surface area contributed by atoms with Crippen molar-refractivity contribution in [3.8, 4) is 0 Å². The van der Waals surface area contributed by atoms with E-state index in [0.29, 0.717) is 22.6 Å². The number of hydrogen-bond donors (Lipinski definition) is 2. The molecule has 1 fully saturated rings. The maximum Gasteiger partial charge on any atom is 0.295 e. The second-order valence-electron chi connectivity index (χ2n) is 5.99. The molecule has 2 N–H and O–H groups in total. The molecule has 6 heteroatoms. The maximum atomic E-state index is 12.6. The van der Waals surface area contributed by atoms with E-state index in [1.165, 1.54) is 4.90 Å². The zero-order chi connectivity index (χ0) is 18.7. The van der Waals surface area contributed by atoms with E-state index in [2.05, 4.69) is 0 Å². The molecular formula is C20H18ClNO4. The average Bonchev–Trinajstić information content (AvgIpc) is 2.91.